The number of amides is 1. The number of carbonyl (C=O) groups is 1. The summed E-state index contributed by atoms with van der Waals surface area (Å²) in [6.07, 6.45) is 1.63. The number of rotatable bonds is 5. The number of carbonyl (C=O) groups excluding carboxylic acids is 1. The van der Waals surface area contributed by atoms with E-state index in [4.69, 9.17) is 4.74 Å². The van der Waals surface area contributed by atoms with E-state index in [0.717, 1.165) is 5.69 Å². The minimum atomic E-state index is -0.314. The van der Waals surface area contributed by atoms with Gasteiger partial charge in [-0.25, -0.2) is 9.67 Å². The average molecular weight is 314 g/mol. The fraction of sp³-hybridized carbons (Fsp3) is 0.133. The van der Waals surface area contributed by atoms with Crippen LogP contribution in [0.3, 0.4) is 0 Å². The molecule has 0 radical (unpaired) electrons. The highest BCUT2D eigenvalue weighted by Crippen LogP contribution is 2.20. The van der Waals surface area contributed by atoms with E-state index >= 15 is 0 Å². The summed E-state index contributed by atoms with van der Waals surface area (Å²) in [5.74, 6) is 0.212. The zero-order valence-electron chi connectivity index (χ0n) is 11.9. The topological polar surface area (TPSA) is 69.0 Å². The van der Waals surface area contributed by atoms with Crippen LogP contribution in [0.25, 0.3) is 5.69 Å². The molecule has 6 nitrogen and oxygen atoms in total. The van der Waals surface area contributed by atoms with E-state index in [2.05, 4.69) is 15.4 Å². The van der Waals surface area contributed by atoms with Crippen molar-refractivity contribution in [3.05, 3.63) is 53.7 Å². The quantitative estimate of drug-likeness (QED) is 0.786. The molecule has 2 aromatic heterocycles. The minimum Gasteiger partial charge on any atom is -0.478 e. The first-order chi connectivity index (χ1) is 10.8. The van der Waals surface area contributed by atoms with Gasteiger partial charge >= 0.3 is 0 Å². The predicted octanol–water partition coefficient (Wildman–Crippen LogP) is 2.98. The molecule has 2 heterocycles. The lowest BCUT2D eigenvalue weighted by Gasteiger charge is -2.06. The first kappa shape index (κ1) is 14.3. The molecule has 0 aliphatic heterocycles. The summed E-state index contributed by atoms with van der Waals surface area (Å²) in [5.41, 5.74) is 1.11. The number of hydrogen-bond acceptors (Lipinski definition) is 5. The molecule has 3 aromatic rings. The number of para-hydroxylation sites is 1. The van der Waals surface area contributed by atoms with Gasteiger partial charge in [0.25, 0.3) is 5.91 Å². The van der Waals surface area contributed by atoms with Crippen LogP contribution in [0.2, 0.25) is 0 Å². The van der Waals surface area contributed by atoms with E-state index in [0.29, 0.717) is 17.6 Å². The Kier molecular flexibility index (Phi) is 4.15. The summed E-state index contributed by atoms with van der Waals surface area (Å²) in [6, 6.07) is 11.2. The number of nitrogens with one attached hydrogen (secondary N) is 1. The lowest BCUT2D eigenvalue weighted by Crippen LogP contribution is -2.12. The summed E-state index contributed by atoms with van der Waals surface area (Å²) < 4.78 is 7.18. The van der Waals surface area contributed by atoms with Crippen molar-refractivity contribution in [3.8, 4) is 11.6 Å². The number of nitrogens with zero attached hydrogens (tertiary/aromatic N) is 3. The van der Waals surface area contributed by atoms with Gasteiger partial charge in [-0.05, 0) is 19.1 Å². The summed E-state index contributed by atoms with van der Waals surface area (Å²) in [6.45, 7) is 2.38. The van der Waals surface area contributed by atoms with Crippen molar-refractivity contribution in [3.63, 3.8) is 0 Å². The van der Waals surface area contributed by atoms with Crippen molar-refractivity contribution in [1.29, 1.82) is 0 Å². The molecule has 112 valence electrons. The number of ether oxygens (including phenoxy) is 1. The fourth-order valence-electron chi connectivity index (χ4n) is 1.93. The molecule has 0 aliphatic carbocycles. The van der Waals surface area contributed by atoms with Crippen LogP contribution in [0.5, 0.6) is 5.88 Å². The molecule has 0 spiro atoms. The molecular weight excluding hydrogens is 300 g/mol. The predicted molar refractivity (Wildman–Crippen MR) is 84.8 cm³/mol. The Labute approximate surface area is 131 Å². The molecule has 0 saturated carbocycles. The number of thiazole rings is 1. The highest BCUT2D eigenvalue weighted by atomic mass is 32.1. The smallest absolute Gasteiger partial charge is 0.278 e. The van der Waals surface area contributed by atoms with Crippen molar-refractivity contribution in [2.75, 3.05) is 11.9 Å². The highest BCUT2D eigenvalue weighted by Gasteiger charge is 2.17. The van der Waals surface area contributed by atoms with Gasteiger partial charge in [0.2, 0.25) is 5.88 Å². The molecule has 1 N–H and O–H groups in total. The van der Waals surface area contributed by atoms with Crippen molar-refractivity contribution in [2.45, 2.75) is 6.92 Å². The Morgan fingerprint density at radius 2 is 2.18 bits per heavy atom. The average Bonchev–Trinajstić information content (AvgIpc) is 3.18. The summed E-state index contributed by atoms with van der Waals surface area (Å²) >= 11 is 1.35. The van der Waals surface area contributed by atoms with Crippen LogP contribution in [-0.4, -0.2) is 27.3 Å². The summed E-state index contributed by atoms with van der Waals surface area (Å²) in [5, 5.41) is 9.38. The maximum atomic E-state index is 12.2. The maximum absolute atomic E-state index is 12.2. The zero-order chi connectivity index (χ0) is 15.4. The van der Waals surface area contributed by atoms with Crippen LogP contribution in [-0.2, 0) is 0 Å². The fourth-order valence-corrected chi connectivity index (χ4v) is 2.45. The minimum absolute atomic E-state index is 0.280. The van der Waals surface area contributed by atoms with Gasteiger partial charge in [-0.3, -0.25) is 10.1 Å². The van der Waals surface area contributed by atoms with E-state index in [9.17, 15) is 4.79 Å². The van der Waals surface area contributed by atoms with Crippen molar-refractivity contribution in [2.24, 2.45) is 0 Å². The number of aromatic nitrogens is 3. The van der Waals surface area contributed by atoms with Gasteiger partial charge in [-0.1, -0.05) is 18.2 Å². The number of benzene rings is 1. The van der Waals surface area contributed by atoms with Crippen LogP contribution in [0.1, 0.15) is 17.4 Å². The third kappa shape index (κ3) is 2.99. The molecule has 0 aliphatic rings. The van der Waals surface area contributed by atoms with Crippen LogP contribution >= 0.6 is 11.3 Å². The third-order valence-corrected chi connectivity index (χ3v) is 3.54. The molecular formula is C15H14N4O2S. The molecule has 7 heteroatoms. The molecule has 0 fully saturated rings. The van der Waals surface area contributed by atoms with Crippen molar-refractivity contribution in [1.82, 2.24) is 14.8 Å². The second kappa shape index (κ2) is 6.40. The molecule has 1 aromatic carbocycles. The Bertz CT molecular complexity index is 753. The Morgan fingerprint density at radius 3 is 2.86 bits per heavy atom. The first-order valence-corrected chi connectivity index (χ1v) is 7.65. The molecule has 22 heavy (non-hydrogen) atoms. The SMILES string of the molecule is CCOc1cc(C(=O)Nc2nccs2)nn1-c1ccccc1. The monoisotopic (exact) mass is 314 g/mol. The molecule has 0 bridgehead atoms. The third-order valence-electron chi connectivity index (χ3n) is 2.86. The van der Waals surface area contributed by atoms with Crippen LogP contribution < -0.4 is 10.1 Å². The molecule has 3 rings (SSSR count). The van der Waals surface area contributed by atoms with E-state index < -0.39 is 0 Å². The van der Waals surface area contributed by atoms with E-state index in [1.165, 1.54) is 11.3 Å². The second-order valence-corrected chi connectivity index (χ2v) is 5.23. The van der Waals surface area contributed by atoms with E-state index in [-0.39, 0.29) is 11.6 Å². The Balaban J connectivity index is 1.91. The summed E-state index contributed by atoms with van der Waals surface area (Å²) in [4.78, 5) is 16.3. The zero-order valence-corrected chi connectivity index (χ0v) is 12.7. The van der Waals surface area contributed by atoms with Gasteiger partial charge in [0.05, 0.1) is 12.3 Å². The van der Waals surface area contributed by atoms with Gasteiger partial charge in [0, 0.05) is 17.6 Å². The highest BCUT2D eigenvalue weighted by molar-refractivity contribution is 7.13. The first-order valence-electron chi connectivity index (χ1n) is 6.77. The number of hydrogen-bond donors (Lipinski definition) is 1. The Hall–Kier alpha value is -2.67. The normalized spacial score (nSPS) is 10.4. The number of anilines is 1. The van der Waals surface area contributed by atoms with Crippen LogP contribution in [0, 0.1) is 0 Å². The van der Waals surface area contributed by atoms with Gasteiger partial charge in [-0.2, -0.15) is 5.10 Å². The van der Waals surface area contributed by atoms with Gasteiger partial charge in [0.1, 0.15) is 0 Å². The molecule has 0 saturated heterocycles. The summed E-state index contributed by atoms with van der Waals surface area (Å²) in [7, 11) is 0. The molecule has 0 atom stereocenters. The molecule has 1 amide bonds. The van der Waals surface area contributed by atoms with Gasteiger partial charge in [0.15, 0.2) is 10.8 Å². The van der Waals surface area contributed by atoms with Crippen LogP contribution in [0.4, 0.5) is 5.13 Å². The lowest BCUT2D eigenvalue weighted by molar-refractivity contribution is 0.102. The van der Waals surface area contributed by atoms with E-state index in [1.54, 1.807) is 22.3 Å². The second-order valence-electron chi connectivity index (χ2n) is 4.34. The van der Waals surface area contributed by atoms with Crippen LogP contribution in [0.15, 0.2) is 48.0 Å². The Morgan fingerprint density at radius 1 is 1.36 bits per heavy atom. The van der Waals surface area contributed by atoms with E-state index in [1.807, 2.05) is 37.3 Å². The van der Waals surface area contributed by atoms with Crippen molar-refractivity contribution >= 4 is 22.4 Å². The maximum Gasteiger partial charge on any atom is 0.278 e. The standard InChI is InChI=1S/C15H14N4O2S/c1-2-21-13-10-12(14(20)17-15-16-8-9-22-15)18-19(13)11-6-4-3-5-7-11/h3-10H,2H2,1H3,(H,16,17,20). The van der Waals surface area contributed by atoms with Crippen molar-refractivity contribution < 1.29 is 9.53 Å². The van der Waals surface area contributed by atoms with Gasteiger partial charge < -0.3 is 4.74 Å². The molecule has 0 unspecified atom stereocenters. The largest absolute Gasteiger partial charge is 0.478 e. The lowest BCUT2D eigenvalue weighted by atomic mass is 10.3. The van der Waals surface area contributed by atoms with Gasteiger partial charge in [-0.15, -0.1) is 11.3 Å².